The summed E-state index contributed by atoms with van der Waals surface area (Å²) in [5, 5.41) is 8.65. The number of hydrogen-bond donors (Lipinski definition) is 1. The molecule has 120 valence electrons. The van der Waals surface area contributed by atoms with Crippen molar-refractivity contribution in [1.29, 1.82) is 0 Å². The van der Waals surface area contributed by atoms with Crippen LogP contribution in [0.2, 0.25) is 0 Å². The van der Waals surface area contributed by atoms with Crippen molar-refractivity contribution in [2.45, 2.75) is 13.8 Å². The maximum Gasteiger partial charge on any atom is 0.258 e. The molecule has 0 spiro atoms. The minimum absolute atomic E-state index is 0.194. The molecule has 0 bridgehead atoms. The number of rotatable bonds is 2. The van der Waals surface area contributed by atoms with E-state index in [1.807, 2.05) is 45.2 Å². The van der Waals surface area contributed by atoms with Crippen molar-refractivity contribution in [2.75, 3.05) is 5.32 Å². The van der Waals surface area contributed by atoms with E-state index >= 15 is 0 Å². The number of para-hydroxylation sites is 1. The van der Waals surface area contributed by atoms with Crippen LogP contribution in [0.25, 0.3) is 21.3 Å². The summed E-state index contributed by atoms with van der Waals surface area (Å²) < 4.78 is 2.74. The monoisotopic (exact) mass is 337 g/mol. The number of carbonyl (C=O) groups is 1. The molecule has 4 aromatic rings. The molecule has 0 saturated carbocycles. The largest absolute Gasteiger partial charge is 0.298 e. The number of benzene rings is 1. The number of aromatic nitrogens is 4. The van der Waals surface area contributed by atoms with Crippen LogP contribution in [0.4, 0.5) is 5.13 Å². The average molecular weight is 337 g/mol. The Morgan fingerprint density at radius 3 is 2.79 bits per heavy atom. The number of thiazole rings is 1. The minimum Gasteiger partial charge on any atom is -0.298 e. The molecule has 3 heterocycles. The predicted octanol–water partition coefficient (Wildman–Crippen LogP) is 3.45. The molecule has 4 rings (SSSR count). The predicted molar refractivity (Wildman–Crippen MR) is 95.6 cm³/mol. The molecule has 0 aliphatic heterocycles. The zero-order valence-electron chi connectivity index (χ0n) is 13.5. The summed E-state index contributed by atoms with van der Waals surface area (Å²) in [6, 6.07) is 9.60. The third kappa shape index (κ3) is 2.33. The standard InChI is InChI=1S/C17H15N5OS/c1-9-8-11(14-10(2)21-22(3)15(14)18-9)16(23)20-17-19-12-6-4-5-7-13(12)24-17/h4-8H,1-3H3,(H,19,20,23). The molecule has 0 fully saturated rings. The van der Waals surface area contributed by atoms with E-state index in [1.54, 1.807) is 10.7 Å². The lowest BCUT2D eigenvalue weighted by Crippen LogP contribution is -2.13. The highest BCUT2D eigenvalue weighted by Gasteiger charge is 2.18. The Labute approximate surface area is 142 Å². The lowest BCUT2D eigenvalue weighted by molar-refractivity contribution is 0.102. The summed E-state index contributed by atoms with van der Waals surface area (Å²) in [7, 11) is 1.83. The molecule has 0 unspecified atom stereocenters. The van der Waals surface area contributed by atoms with Gasteiger partial charge in [-0.3, -0.25) is 14.8 Å². The van der Waals surface area contributed by atoms with Crippen molar-refractivity contribution >= 4 is 43.6 Å². The van der Waals surface area contributed by atoms with Crippen molar-refractivity contribution in [2.24, 2.45) is 7.05 Å². The van der Waals surface area contributed by atoms with Gasteiger partial charge in [0, 0.05) is 12.7 Å². The molecule has 7 heteroatoms. The first-order chi connectivity index (χ1) is 11.5. The molecular formula is C17H15N5OS. The van der Waals surface area contributed by atoms with Gasteiger partial charge in [-0.15, -0.1) is 0 Å². The third-order valence-corrected chi connectivity index (χ3v) is 4.81. The van der Waals surface area contributed by atoms with Gasteiger partial charge in [0.05, 0.1) is 26.9 Å². The molecule has 0 atom stereocenters. The molecule has 1 N–H and O–H groups in total. The SMILES string of the molecule is Cc1cc(C(=O)Nc2nc3ccccc3s2)c2c(C)nn(C)c2n1. The van der Waals surface area contributed by atoms with Crippen LogP contribution in [0.5, 0.6) is 0 Å². The van der Waals surface area contributed by atoms with E-state index in [0.29, 0.717) is 16.3 Å². The maximum atomic E-state index is 12.8. The molecule has 0 saturated heterocycles. The number of aryl methyl sites for hydroxylation is 3. The number of nitrogens with one attached hydrogen (secondary N) is 1. The second-order valence-corrected chi connectivity index (χ2v) is 6.69. The Kier molecular flexibility index (Phi) is 3.31. The number of fused-ring (bicyclic) bond motifs is 2. The smallest absolute Gasteiger partial charge is 0.258 e. The molecule has 1 amide bonds. The van der Waals surface area contributed by atoms with Crippen molar-refractivity contribution in [1.82, 2.24) is 19.7 Å². The zero-order valence-corrected chi connectivity index (χ0v) is 14.3. The fourth-order valence-corrected chi connectivity index (χ4v) is 3.70. The van der Waals surface area contributed by atoms with Crippen molar-refractivity contribution in [3.05, 3.63) is 47.3 Å². The summed E-state index contributed by atoms with van der Waals surface area (Å²) in [6.07, 6.45) is 0. The Morgan fingerprint density at radius 2 is 2.00 bits per heavy atom. The summed E-state index contributed by atoms with van der Waals surface area (Å²) in [5.41, 5.74) is 3.73. The highest BCUT2D eigenvalue weighted by Crippen LogP contribution is 2.27. The fourth-order valence-electron chi connectivity index (χ4n) is 2.84. The van der Waals surface area contributed by atoms with Crippen molar-refractivity contribution in [3.63, 3.8) is 0 Å². The van der Waals surface area contributed by atoms with Gasteiger partial charge in [-0.05, 0) is 32.0 Å². The molecule has 0 radical (unpaired) electrons. The van der Waals surface area contributed by atoms with E-state index in [-0.39, 0.29) is 5.91 Å². The van der Waals surface area contributed by atoms with Crippen LogP contribution in [0.15, 0.2) is 30.3 Å². The van der Waals surface area contributed by atoms with Crippen molar-refractivity contribution < 1.29 is 4.79 Å². The number of anilines is 1. The molecule has 6 nitrogen and oxygen atoms in total. The molecular weight excluding hydrogens is 322 g/mol. The second-order valence-electron chi connectivity index (χ2n) is 5.66. The number of amides is 1. The number of carbonyl (C=O) groups excluding carboxylic acids is 1. The van der Waals surface area contributed by atoms with Gasteiger partial charge >= 0.3 is 0 Å². The first kappa shape index (κ1) is 14.8. The van der Waals surface area contributed by atoms with Gasteiger partial charge in [-0.2, -0.15) is 5.10 Å². The van der Waals surface area contributed by atoms with Gasteiger partial charge in [0.1, 0.15) is 0 Å². The molecule has 0 aliphatic rings. The van der Waals surface area contributed by atoms with E-state index in [0.717, 1.165) is 27.0 Å². The van der Waals surface area contributed by atoms with Crippen LogP contribution < -0.4 is 5.32 Å². The number of nitrogens with zero attached hydrogens (tertiary/aromatic N) is 4. The molecule has 1 aromatic carbocycles. The highest BCUT2D eigenvalue weighted by molar-refractivity contribution is 7.22. The molecule has 3 aromatic heterocycles. The Morgan fingerprint density at radius 1 is 1.21 bits per heavy atom. The van der Waals surface area contributed by atoms with Crippen LogP contribution in [0.3, 0.4) is 0 Å². The van der Waals surface area contributed by atoms with Crippen LogP contribution in [-0.2, 0) is 7.05 Å². The third-order valence-electron chi connectivity index (χ3n) is 3.86. The fraction of sp³-hybridized carbons (Fsp3) is 0.176. The van der Waals surface area contributed by atoms with Gasteiger partial charge in [-0.25, -0.2) is 9.97 Å². The van der Waals surface area contributed by atoms with E-state index in [2.05, 4.69) is 20.4 Å². The van der Waals surface area contributed by atoms with Gasteiger partial charge in [-0.1, -0.05) is 23.5 Å². The van der Waals surface area contributed by atoms with Crippen LogP contribution in [0, 0.1) is 13.8 Å². The average Bonchev–Trinajstić information content (AvgIpc) is 3.07. The first-order valence-corrected chi connectivity index (χ1v) is 8.32. The summed E-state index contributed by atoms with van der Waals surface area (Å²) >= 11 is 1.46. The second kappa shape index (κ2) is 5.38. The molecule has 24 heavy (non-hydrogen) atoms. The topological polar surface area (TPSA) is 72.7 Å². The van der Waals surface area contributed by atoms with Crippen LogP contribution in [-0.4, -0.2) is 25.7 Å². The quantitative estimate of drug-likeness (QED) is 0.608. The minimum atomic E-state index is -0.194. The van der Waals surface area contributed by atoms with E-state index in [9.17, 15) is 4.79 Å². The zero-order chi connectivity index (χ0) is 16.8. The summed E-state index contributed by atoms with van der Waals surface area (Å²) in [6.45, 7) is 3.75. The lowest BCUT2D eigenvalue weighted by Gasteiger charge is -2.05. The summed E-state index contributed by atoms with van der Waals surface area (Å²) in [5.74, 6) is -0.194. The summed E-state index contributed by atoms with van der Waals surface area (Å²) in [4.78, 5) is 21.8. The highest BCUT2D eigenvalue weighted by atomic mass is 32.1. The van der Waals surface area contributed by atoms with Crippen LogP contribution >= 0.6 is 11.3 Å². The van der Waals surface area contributed by atoms with E-state index in [1.165, 1.54) is 11.3 Å². The Bertz CT molecular complexity index is 1060. The Hall–Kier alpha value is -2.80. The van der Waals surface area contributed by atoms with Gasteiger partial charge in [0.25, 0.3) is 5.91 Å². The Balaban J connectivity index is 1.78. The first-order valence-electron chi connectivity index (χ1n) is 7.51. The van der Waals surface area contributed by atoms with E-state index < -0.39 is 0 Å². The van der Waals surface area contributed by atoms with Gasteiger partial charge < -0.3 is 0 Å². The van der Waals surface area contributed by atoms with Crippen LogP contribution in [0.1, 0.15) is 21.7 Å². The number of hydrogen-bond acceptors (Lipinski definition) is 5. The number of pyridine rings is 1. The normalized spacial score (nSPS) is 11.3. The van der Waals surface area contributed by atoms with Gasteiger partial charge in [0.2, 0.25) is 0 Å². The van der Waals surface area contributed by atoms with Crippen molar-refractivity contribution in [3.8, 4) is 0 Å². The maximum absolute atomic E-state index is 12.8. The van der Waals surface area contributed by atoms with E-state index in [4.69, 9.17) is 0 Å². The lowest BCUT2D eigenvalue weighted by atomic mass is 10.1. The molecule has 0 aliphatic carbocycles. The van der Waals surface area contributed by atoms with Gasteiger partial charge in [0.15, 0.2) is 10.8 Å².